The van der Waals surface area contributed by atoms with E-state index in [1.54, 1.807) is 6.92 Å². The van der Waals surface area contributed by atoms with E-state index in [0.717, 1.165) is 26.2 Å². The Morgan fingerprint density at radius 2 is 2.00 bits per heavy atom. The van der Waals surface area contributed by atoms with Crippen LogP contribution in [0.5, 0.6) is 0 Å². The normalized spacial score (nSPS) is 21.2. The van der Waals surface area contributed by atoms with E-state index in [0.29, 0.717) is 13.0 Å². The minimum atomic E-state index is -0.728. The average Bonchev–Trinajstić information content (AvgIpc) is 2.29. The number of hydrogen-bond donors (Lipinski definition) is 1. The Hall–Kier alpha value is -1.05. The van der Waals surface area contributed by atoms with Crippen LogP contribution in [0.25, 0.3) is 0 Å². The van der Waals surface area contributed by atoms with Gasteiger partial charge in [0.05, 0.1) is 12.1 Å². The topological polar surface area (TPSA) is 49.6 Å². The Balaban J connectivity index is 2.48. The second kappa shape index (κ2) is 5.33. The molecule has 0 aromatic heterocycles. The van der Waals surface area contributed by atoms with Crippen molar-refractivity contribution in [1.82, 2.24) is 9.80 Å². The summed E-state index contributed by atoms with van der Waals surface area (Å²) in [6, 6.07) is 0. The molecule has 1 aliphatic rings. The van der Waals surface area contributed by atoms with Crippen molar-refractivity contribution in [3.05, 3.63) is 0 Å². The first-order valence-corrected chi connectivity index (χ1v) is 5.75. The molecule has 4 heteroatoms. The standard InChI is InChI=1S/C12H21N3O/c1-4-6-14-7-9-15(10-8-14)11(16)12(3,13)5-2/h1H,5-10,13H2,2-3H3. The van der Waals surface area contributed by atoms with Gasteiger partial charge >= 0.3 is 0 Å². The highest BCUT2D eigenvalue weighted by Crippen LogP contribution is 2.12. The summed E-state index contributed by atoms with van der Waals surface area (Å²) in [6.45, 7) is 7.54. The number of nitrogens with two attached hydrogens (primary N) is 1. The quantitative estimate of drug-likeness (QED) is 0.679. The molecule has 0 bridgehead atoms. The van der Waals surface area contributed by atoms with Crippen LogP contribution in [0, 0.1) is 12.3 Å². The molecule has 4 nitrogen and oxygen atoms in total. The Morgan fingerprint density at radius 1 is 1.44 bits per heavy atom. The van der Waals surface area contributed by atoms with Gasteiger partial charge in [0, 0.05) is 26.2 Å². The van der Waals surface area contributed by atoms with Gasteiger partial charge < -0.3 is 10.6 Å². The lowest BCUT2D eigenvalue weighted by molar-refractivity contribution is -0.138. The Bertz CT molecular complexity index is 285. The van der Waals surface area contributed by atoms with Gasteiger partial charge in [-0.2, -0.15) is 0 Å². The summed E-state index contributed by atoms with van der Waals surface area (Å²) < 4.78 is 0. The van der Waals surface area contributed by atoms with Crippen LogP contribution >= 0.6 is 0 Å². The molecule has 1 heterocycles. The van der Waals surface area contributed by atoms with Crippen LogP contribution in [0.4, 0.5) is 0 Å². The van der Waals surface area contributed by atoms with Crippen LogP contribution in [0.1, 0.15) is 20.3 Å². The van der Waals surface area contributed by atoms with Crippen LogP contribution in [0.2, 0.25) is 0 Å². The van der Waals surface area contributed by atoms with Crippen molar-refractivity contribution in [3.8, 4) is 12.3 Å². The highest BCUT2D eigenvalue weighted by atomic mass is 16.2. The number of carbonyl (C=O) groups excluding carboxylic acids is 1. The molecule has 0 aliphatic carbocycles. The first-order valence-electron chi connectivity index (χ1n) is 5.75. The highest BCUT2D eigenvalue weighted by Gasteiger charge is 2.32. The van der Waals surface area contributed by atoms with Gasteiger partial charge in [0.1, 0.15) is 0 Å². The number of carbonyl (C=O) groups is 1. The molecule has 16 heavy (non-hydrogen) atoms. The van der Waals surface area contributed by atoms with Crippen molar-refractivity contribution in [1.29, 1.82) is 0 Å². The lowest BCUT2D eigenvalue weighted by Crippen LogP contribution is -2.58. The third-order valence-electron chi connectivity index (χ3n) is 3.20. The predicted octanol–water partition coefficient (Wildman–Crippen LogP) is -0.109. The van der Waals surface area contributed by atoms with E-state index in [2.05, 4.69) is 10.8 Å². The SMILES string of the molecule is C#CCN1CCN(C(=O)C(C)(N)CC)CC1. The third-order valence-corrected chi connectivity index (χ3v) is 3.20. The van der Waals surface area contributed by atoms with Crippen LogP contribution in [-0.2, 0) is 4.79 Å². The van der Waals surface area contributed by atoms with Crippen molar-refractivity contribution in [2.45, 2.75) is 25.8 Å². The third kappa shape index (κ3) is 2.97. The second-order valence-electron chi connectivity index (χ2n) is 4.54. The highest BCUT2D eigenvalue weighted by molar-refractivity contribution is 5.85. The zero-order valence-electron chi connectivity index (χ0n) is 10.2. The zero-order valence-corrected chi connectivity index (χ0v) is 10.2. The summed E-state index contributed by atoms with van der Waals surface area (Å²) in [5.74, 6) is 2.67. The number of terminal acetylenes is 1. The summed E-state index contributed by atoms with van der Waals surface area (Å²) >= 11 is 0. The van der Waals surface area contributed by atoms with E-state index in [4.69, 9.17) is 12.2 Å². The van der Waals surface area contributed by atoms with E-state index in [9.17, 15) is 4.79 Å². The second-order valence-corrected chi connectivity index (χ2v) is 4.54. The molecule has 0 aromatic carbocycles. The van der Waals surface area contributed by atoms with Crippen LogP contribution < -0.4 is 5.73 Å². The molecule has 1 saturated heterocycles. The summed E-state index contributed by atoms with van der Waals surface area (Å²) in [7, 11) is 0. The molecule has 2 N–H and O–H groups in total. The van der Waals surface area contributed by atoms with Gasteiger partial charge in [-0.3, -0.25) is 9.69 Å². The summed E-state index contributed by atoms with van der Waals surface area (Å²) in [5.41, 5.74) is 5.22. The van der Waals surface area contributed by atoms with Crippen LogP contribution in [-0.4, -0.2) is 54.0 Å². The van der Waals surface area contributed by atoms with Crippen LogP contribution in [0.3, 0.4) is 0 Å². The largest absolute Gasteiger partial charge is 0.339 e. The van der Waals surface area contributed by atoms with Crippen molar-refractivity contribution in [3.63, 3.8) is 0 Å². The summed E-state index contributed by atoms with van der Waals surface area (Å²) in [5, 5.41) is 0. The average molecular weight is 223 g/mol. The van der Waals surface area contributed by atoms with E-state index >= 15 is 0 Å². The predicted molar refractivity (Wildman–Crippen MR) is 64.7 cm³/mol. The van der Waals surface area contributed by atoms with Crippen molar-refractivity contribution >= 4 is 5.91 Å². The number of piperazine rings is 1. The maximum Gasteiger partial charge on any atom is 0.242 e. The summed E-state index contributed by atoms with van der Waals surface area (Å²) in [4.78, 5) is 16.1. The number of rotatable bonds is 3. The first-order chi connectivity index (χ1) is 7.51. The van der Waals surface area contributed by atoms with Gasteiger partial charge in [-0.1, -0.05) is 12.8 Å². The van der Waals surface area contributed by atoms with Gasteiger partial charge in [0.2, 0.25) is 5.91 Å². The molecule has 1 rings (SSSR count). The summed E-state index contributed by atoms with van der Waals surface area (Å²) in [6.07, 6.45) is 5.92. The number of hydrogen-bond acceptors (Lipinski definition) is 3. The maximum absolute atomic E-state index is 12.1. The van der Waals surface area contributed by atoms with Gasteiger partial charge in [-0.15, -0.1) is 6.42 Å². The van der Waals surface area contributed by atoms with Crippen LogP contribution in [0.15, 0.2) is 0 Å². The first kappa shape index (κ1) is 13.0. The zero-order chi connectivity index (χ0) is 12.2. The molecular weight excluding hydrogens is 202 g/mol. The smallest absolute Gasteiger partial charge is 0.242 e. The molecule has 0 aromatic rings. The van der Waals surface area contributed by atoms with E-state index in [-0.39, 0.29) is 5.91 Å². The maximum atomic E-state index is 12.1. The fourth-order valence-electron chi connectivity index (χ4n) is 1.75. The number of amides is 1. The Kier molecular flexibility index (Phi) is 4.34. The molecule has 0 radical (unpaired) electrons. The Labute approximate surface area is 97.8 Å². The van der Waals surface area contributed by atoms with E-state index < -0.39 is 5.54 Å². The van der Waals surface area contributed by atoms with Gasteiger partial charge in [-0.05, 0) is 13.3 Å². The lowest BCUT2D eigenvalue weighted by atomic mass is 9.98. The molecule has 90 valence electrons. The van der Waals surface area contributed by atoms with Crippen molar-refractivity contribution < 1.29 is 4.79 Å². The van der Waals surface area contributed by atoms with Gasteiger partial charge in [0.15, 0.2) is 0 Å². The Morgan fingerprint density at radius 3 is 2.44 bits per heavy atom. The monoisotopic (exact) mass is 223 g/mol. The number of nitrogens with zero attached hydrogens (tertiary/aromatic N) is 2. The van der Waals surface area contributed by atoms with E-state index in [1.807, 2.05) is 11.8 Å². The molecule has 1 unspecified atom stereocenters. The fourth-order valence-corrected chi connectivity index (χ4v) is 1.75. The molecule has 1 atom stereocenters. The molecule has 0 saturated carbocycles. The fraction of sp³-hybridized carbons (Fsp3) is 0.750. The van der Waals surface area contributed by atoms with Gasteiger partial charge in [0.25, 0.3) is 0 Å². The van der Waals surface area contributed by atoms with Crippen molar-refractivity contribution in [2.75, 3.05) is 32.7 Å². The minimum absolute atomic E-state index is 0.0513. The molecule has 1 aliphatic heterocycles. The van der Waals surface area contributed by atoms with Gasteiger partial charge in [-0.25, -0.2) is 0 Å². The molecule has 1 amide bonds. The minimum Gasteiger partial charge on any atom is -0.339 e. The van der Waals surface area contributed by atoms with Crippen molar-refractivity contribution in [2.24, 2.45) is 5.73 Å². The molecular formula is C12H21N3O. The lowest BCUT2D eigenvalue weighted by Gasteiger charge is -2.37. The molecule has 1 fully saturated rings. The molecule has 0 spiro atoms. The van der Waals surface area contributed by atoms with E-state index in [1.165, 1.54) is 0 Å².